The molecule has 1 N–H and O–H groups in total. The van der Waals surface area contributed by atoms with E-state index in [1.165, 1.54) is 6.08 Å². The third kappa shape index (κ3) is 4.85. The van der Waals surface area contributed by atoms with Crippen molar-refractivity contribution < 1.29 is 23.8 Å². The predicted octanol–water partition coefficient (Wildman–Crippen LogP) is 3.88. The van der Waals surface area contributed by atoms with Crippen LogP contribution >= 0.6 is 0 Å². The standard InChI is InChI=1S/C22H19BO5/c1-15-20(23-21(28-15)17-5-3-2-4-6-17)11-12-27-19-9-7-16(8-10-19)13-18(14-24)22(25)26/h2-10,13-14H,11-12H2,1H3,(H,25,26)/b18-13-. The molecule has 0 aliphatic carbocycles. The van der Waals surface area contributed by atoms with Crippen LogP contribution in [-0.2, 0) is 16.0 Å². The van der Waals surface area contributed by atoms with Crippen LogP contribution in [0.15, 0.2) is 64.6 Å². The predicted molar refractivity (Wildman–Crippen MR) is 108 cm³/mol. The molecule has 5 nitrogen and oxygen atoms in total. The first-order chi connectivity index (χ1) is 13.6. The van der Waals surface area contributed by atoms with Gasteiger partial charge >= 0.3 is 163 Å². The van der Waals surface area contributed by atoms with Gasteiger partial charge in [0, 0.05) is 0 Å². The SMILES string of the molecule is Cc1oc(-c2ccccc2)bc1CCOc1ccc(/C=C(/C=O)C(=O)O)cc1. The van der Waals surface area contributed by atoms with Crippen molar-refractivity contribution in [3.63, 3.8) is 0 Å². The topological polar surface area (TPSA) is 76.7 Å². The van der Waals surface area contributed by atoms with Crippen LogP contribution in [0.25, 0.3) is 17.3 Å². The summed E-state index contributed by atoms with van der Waals surface area (Å²) in [6.45, 7) is 4.46. The third-order valence-corrected chi connectivity index (χ3v) is 4.30. The van der Waals surface area contributed by atoms with Gasteiger partial charge in [-0.3, -0.25) is 0 Å². The van der Waals surface area contributed by atoms with Gasteiger partial charge in [-0.05, 0) is 0 Å². The van der Waals surface area contributed by atoms with Crippen LogP contribution in [0.4, 0.5) is 0 Å². The quantitative estimate of drug-likeness (QED) is 0.280. The summed E-state index contributed by atoms with van der Waals surface area (Å²) in [7, 11) is 0. The summed E-state index contributed by atoms with van der Waals surface area (Å²) in [5.74, 6) is 0.295. The monoisotopic (exact) mass is 374 g/mol. The molecule has 0 aliphatic heterocycles. The summed E-state index contributed by atoms with van der Waals surface area (Å²) in [4.78, 5) is 21.6. The fourth-order valence-electron chi connectivity index (χ4n) is 2.78. The van der Waals surface area contributed by atoms with Gasteiger partial charge in [-0.1, -0.05) is 0 Å². The van der Waals surface area contributed by atoms with Crippen molar-refractivity contribution in [2.75, 3.05) is 6.61 Å². The average Bonchev–Trinajstić information content (AvgIpc) is 3.08. The normalized spacial score (nSPS) is 11.1. The zero-order chi connectivity index (χ0) is 19.9. The number of carboxylic acids is 1. The summed E-state index contributed by atoms with van der Waals surface area (Å²) in [5.41, 5.74) is 3.30. The van der Waals surface area contributed by atoms with Crippen LogP contribution in [0.3, 0.4) is 0 Å². The molecule has 28 heavy (non-hydrogen) atoms. The van der Waals surface area contributed by atoms with Crippen LogP contribution in [0.5, 0.6) is 5.75 Å². The molecule has 6 heteroatoms. The minimum atomic E-state index is -1.25. The second kappa shape index (κ2) is 8.99. The number of hydrogen-bond acceptors (Lipinski definition) is 4. The van der Waals surface area contributed by atoms with Crippen molar-refractivity contribution in [3.05, 3.63) is 77.0 Å². The number of ether oxygens (including phenoxy) is 1. The van der Waals surface area contributed by atoms with Crippen LogP contribution in [0, 0.1) is 6.92 Å². The van der Waals surface area contributed by atoms with Gasteiger partial charge < -0.3 is 0 Å². The second-order valence-corrected chi connectivity index (χ2v) is 6.25. The molecule has 1 heterocycles. The fourth-order valence-corrected chi connectivity index (χ4v) is 2.78. The van der Waals surface area contributed by atoms with E-state index in [0.29, 0.717) is 30.6 Å². The maximum absolute atomic E-state index is 10.9. The summed E-state index contributed by atoms with van der Waals surface area (Å²) in [6.07, 6.45) is 2.35. The maximum atomic E-state index is 10.9. The zero-order valence-electron chi connectivity index (χ0n) is 15.4. The van der Waals surface area contributed by atoms with E-state index in [9.17, 15) is 9.59 Å². The van der Waals surface area contributed by atoms with E-state index in [1.54, 1.807) is 24.3 Å². The molecule has 0 unspecified atom stereocenters. The van der Waals surface area contributed by atoms with Crippen molar-refractivity contribution in [1.82, 2.24) is 0 Å². The molecular weight excluding hydrogens is 355 g/mol. The number of rotatable bonds is 8. The van der Waals surface area contributed by atoms with E-state index in [2.05, 4.69) is 0 Å². The molecule has 140 valence electrons. The van der Waals surface area contributed by atoms with Gasteiger partial charge in [0.25, 0.3) is 0 Å². The summed E-state index contributed by atoms with van der Waals surface area (Å²) in [5, 5.41) is 8.88. The molecule has 0 amide bonds. The van der Waals surface area contributed by atoms with Crippen molar-refractivity contribution in [2.45, 2.75) is 13.3 Å². The molecule has 0 saturated heterocycles. The summed E-state index contributed by atoms with van der Waals surface area (Å²) in [6, 6.07) is 16.8. The van der Waals surface area contributed by atoms with Crippen molar-refractivity contribution in [1.29, 1.82) is 0 Å². The van der Waals surface area contributed by atoms with E-state index >= 15 is 0 Å². The average molecular weight is 374 g/mol. The Morgan fingerprint density at radius 2 is 1.86 bits per heavy atom. The molecule has 3 aromatic rings. The number of carboxylic acid groups (broad SMARTS) is 1. The number of hydrogen-bond donors (Lipinski definition) is 1. The summed E-state index contributed by atoms with van der Waals surface area (Å²) >= 11 is 0. The zero-order valence-corrected chi connectivity index (χ0v) is 15.4. The van der Waals surface area contributed by atoms with Gasteiger partial charge in [-0.15, -0.1) is 0 Å². The Hall–Kier alpha value is -3.41. The van der Waals surface area contributed by atoms with Crippen molar-refractivity contribution >= 4 is 25.2 Å². The van der Waals surface area contributed by atoms with Gasteiger partial charge in [0.2, 0.25) is 0 Å². The molecule has 1 aromatic heterocycles. The van der Waals surface area contributed by atoms with Gasteiger partial charge in [0.05, 0.1) is 0 Å². The molecule has 0 fully saturated rings. The summed E-state index contributed by atoms with van der Waals surface area (Å²) < 4.78 is 11.6. The van der Waals surface area contributed by atoms with E-state index in [1.807, 2.05) is 44.2 Å². The Morgan fingerprint density at radius 1 is 1.14 bits per heavy atom. The number of aryl methyl sites for hydroxylation is 1. The third-order valence-electron chi connectivity index (χ3n) is 4.30. The Balaban J connectivity index is 1.59. The minimum absolute atomic E-state index is 0.293. The first kappa shape index (κ1) is 19.4. The fraction of sp³-hybridized carbons (Fsp3) is 0.136. The first-order valence-corrected chi connectivity index (χ1v) is 8.84. The molecule has 0 spiro atoms. The van der Waals surface area contributed by atoms with Crippen molar-refractivity contribution in [3.8, 4) is 17.0 Å². The van der Waals surface area contributed by atoms with E-state index in [0.717, 1.165) is 22.4 Å². The van der Waals surface area contributed by atoms with Gasteiger partial charge in [0.1, 0.15) is 0 Å². The van der Waals surface area contributed by atoms with E-state index in [-0.39, 0.29) is 5.57 Å². The molecular formula is C22H19BO5. The number of aldehydes is 1. The van der Waals surface area contributed by atoms with Crippen LogP contribution < -0.4 is 4.74 Å². The Bertz CT molecular complexity index is 988. The van der Waals surface area contributed by atoms with Crippen LogP contribution in [0.2, 0.25) is 0 Å². The van der Waals surface area contributed by atoms with Gasteiger partial charge in [-0.25, -0.2) is 0 Å². The Labute approximate surface area is 163 Å². The van der Waals surface area contributed by atoms with E-state index in [4.69, 9.17) is 14.3 Å². The second-order valence-electron chi connectivity index (χ2n) is 6.25. The molecule has 3 rings (SSSR count). The van der Waals surface area contributed by atoms with Crippen LogP contribution in [-0.4, -0.2) is 30.9 Å². The van der Waals surface area contributed by atoms with E-state index < -0.39 is 5.97 Å². The molecule has 0 bridgehead atoms. The van der Waals surface area contributed by atoms with Gasteiger partial charge in [-0.2, -0.15) is 0 Å². The Morgan fingerprint density at radius 3 is 2.50 bits per heavy atom. The molecule has 2 aromatic carbocycles. The number of aliphatic carboxylic acids is 1. The molecule has 0 saturated carbocycles. The van der Waals surface area contributed by atoms with Crippen LogP contribution in [0.1, 0.15) is 16.8 Å². The number of benzene rings is 2. The molecule has 0 atom stereocenters. The number of carbonyl (C=O) groups is 2. The number of carbonyl (C=O) groups excluding carboxylic acids is 1. The first-order valence-electron chi connectivity index (χ1n) is 8.84. The Kier molecular flexibility index (Phi) is 6.22. The van der Waals surface area contributed by atoms with Gasteiger partial charge in [0.15, 0.2) is 0 Å². The molecule has 0 aliphatic rings. The molecule has 0 radical (unpaired) electrons. The van der Waals surface area contributed by atoms with Crippen molar-refractivity contribution in [2.24, 2.45) is 0 Å².